The molecule has 2 heterocycles. The van der Waals surface area contributed by atoms with Crippen LogP contribution in [0.2, 0.25) is 0 Å². The van der Waals surface area contributed by atoms with Gasteiger partial charge in [0, 0.05) is 19.8 Å². The van der Waals surface area contributed by atoms with Gasteiger partial charge in [0.15, 0.2) is 0 Å². The Morgan fingerprint density at radius 2 is 2.24 bits per heavy atom. The monoisotopic (exact) mass is 241 g/mol. The Morgan fingerprint density at radius 1 is 1.47 bits per heavy atom. The highest BCUT2D eigenvalue weighted by Gasteiger charge is 2.32. The zero-order valence-electron chi connectivity index (χ0n) is 10.5. The summed E-state index contributed by atoms with van der Waals surface area (Å²) in [6, 6.07) is 0.0164. The summed E-state index contributed by atoms with van der Waals surface area (Å²) in [5.41, 5.74) is 5.47. The molecule has 6 heteroatoms. The van der Waals surface area contributed by atoms with Gasteiger partial charge in [0.1, 0.15) is 5.60 Å². The minimum Gasteiger partial charge on any atom is -0.381 e. The van der Waals surface area contributed by atoms with Gasteiger partial charge in [-0.25, -0.2) is 0 Å². The lowest BCUT2D eigenvalue weighted by Gasteiger charge is -2.25. The molecule has 0 aromatic carbocycles. The maximum absolute atomic E-state index is 6.02. The van der Waals surface area contributed by atoms with Gasteiger partial charge in [-0.1, -0.05) is 5.16 Å². The average Bonchev–Trinajstić information content (AvgIpc) is 2.79. The van der Waals surface area contributed by atoms with Crippen molar-refractivity contribution in [2.75, 3.05) is 20.3 Å². The van der Waals surface area contributed by atoms with Gasteiger partial charge in [-0.15, -0.1) is 0 Å². The molecule has 2 rings (SSSR count). The van der Waals surface area contributed by atoms with Crippen LogP contribution in [0.25, 0.3) is 0 Å². The van der Waals surface area contributed by atoms with Crippen LogP contribution >= 0.6 is 0 Å². The highest BCUT2D eigenvalue weighted by atomic mass is 16.5. The summed E-state index contributed by atoms with van der Waals surface area (Å²) >= 11 is 0. The van der Waals surface area contributed by atoms with Crippen LogP contribution in [0.5, 0.6) is 0 Å². The SMILES string of the molecule is COC(C)(C)c1noc(C2COCCC2N)n1. The van der Waals surface area contributed by atoms with Crippen LogP contribution in [0.3, 0.4) is 0 Å². The van der Waals surface area contributed by atoms with Crippen molar-refractivity contribution in [1.82, 2.24) is 10.1 Å². The Balaban J connectivity index is 2.17. The molecule has 0 bridgehead atoms. The topological polar surface area (TPSA) is 83.4 Å². The molecular formula is C11H19N3O3. The molecule has 17 heavy (non-hydrogen) atoms. The molecule has 1 aromatic rings. The van der Waals surface area contributed by atoms with Crippen LogP contribution in [-0.2, 0) is 15.1 Å². The second kappa shape index (κ2) is 4.72. The van der Waals surface area contributed by atoms with Crippen molar-refractivity contribution in [3.8, 4) is 0 Å². The normalized spacial score (nSPS) is 26.1. The lowest BCUT2D eigenvalue weighted by atomic mass is 9.96. The van der Waals surface area contributed by atoms with Gasteiger partial charge >= 0.3 is 0 Å². The van der Waals surface area contributed by atoms with E-state index in [1.807, 2.05) is 13.8 Å². The Labute approximate surface area is 100 Å². The third-order valence-corrected chi connectivity index (χ3v) is 3.22. The first kappa shape index (κ1) is 12.5. The molecule has 0 aliphatic carbocycles. The molecule has 0 amide bonds. The maximum Gasteiger partial charge on any atom is 0.233 e. The number of methoxy groups -OCH3 is 1. The van der Waals surface area contributed by atoms with E-state index >= 15 is 0 Å². The highest BCUT2D eigenvalue weighted by molar-refractivity contribution is 5.04. The largest absolute Gasteiger partial charge is 0.381 e. The van der Waals surface area contributed by atoms with Crippen molar-refractivity contribution in [3.63, 3.8) is 0 Å². The molecule has 1 aliphatic heterocycles. The van der Waals surface area contributed by atoms with E-state index in [9.17, 15) is 0 Å². The smallest absolute Gasteiger partial charge is 0.233 e. The molecule has 2 unspecified atom stereocenters. The van der Waals surface area contributed by atoms with Crippen molar-refractivity contribution in [2.45, 2.75) is 37.8 Å². The predicted molar refractivity (Wildman–Crippen MR) is 60.5 cm³/mol. The molecule has 0 saturated carbocycles. The Morgan fingerprint density at radius 3 is 2.88 bits per heavy atom. The lowest BCUT2D eigenvalue weighted by Crippen LogP contribution is -2.37. The minimum atomic E-state index is -0.554. The van der Waals surface area contributed by atoms with E-state index in [4.69, 9.17) is 19.7 Å². The van der Waals surface area contributed by atoms with Gasteiger partial charge < -0.3 is 19.7 Å². The first-order valence-corrected chi connectivity index (χ1v) is 5.77. The van der Waals surface area contributed by atoms with Crippen LogP contribution in [0.4, 0.5) is 0 Å². The summed E-state index contributed by atoms with van der Waals surface area (Å²) < 4.78 is 16.0. The molecule has 1 fully saturated rings. The van der Waals surface area contributed by atoms with Gasteiger partial charge in [0.2, 0.25) is 11.7 Å². The Hall–Kier alpha value is -0.980. The van der Waals surface area contributed by atoms with Gasteiger partial charge in [0.05, 0.1) is 12.5 Å². The van der Waals surface area contributed by atoms with E-state index in [1.54, 1.807) is 7.11 Å². The average molecular weight is 241 g/mol. The second-order valence-electron chi connectivity index (χ2n) is 4.80. The van der Waals surface area contributed by atoms with Crippen LogP contribution in [0.15, 0.2) is 4.52 Å². The zero-order chi connectivity index (χ0) is 12.5. The van der Waals surface area contributed by atoms with Gasteiger partial charge in [-0.2, -0.15) is 4.98 Å². The number of nitrogens with two attached hydrogens (primary N) is 1. The Bertz CT molecular complexity index is 378. The van der Waals surface area contributed by atoms with Crippen molar-refractivity contribution in [1.29, 1.82) is 0 Å². The predicted octanol–water partition coefficient (Wildman–Crippen LogP) is 0.782. The summed E-state index contributed by atoms with van der Waals surface area (Å²) in [7, 11) is 1.62. The van der Waals surface area contributed by atoms with Crippen molar-refractivity contribution in [3.05, 3.63) is 11.7 Å². The molecular weight excluding hydrogens is 222 g/mol. The van der Waals surface area contributed by atoms with Crippen LogP contribution in [0.1, 0.15) is 37.9 Å². The minimum absolute atomic E-state index is 0.0161. The highest BCUT2D eigenvalue weighted by Crippen LogP contribution is 2.26. The number of aromatic nitrogens is 2. The summed E-state index contributed by atoms with van der Waals surface area (Å²) in [6.45, 7) is 5.01. The maximum atomic E-state index is 6.02. The van der Waals surface area contributed by atoms with E-state index < -0.39 is 5.60 Å². The van der Waals surface area contributed by atoms with Gasteiger partial charge in [-0.3, -0.25) is 0 Å². The van der Waals surface area contributed by atoms with E-state index in [-0.39, 0.29) is 12.0 Å². The molecule has 6 nitrogen and oxygen atoms in total. The molecule has 1 saturated heterocycles. The van der Waals surface area contributed by atoms with E-state index in [0.29, 0.717) is 24.9 Å². The molecule has 96 valence electrons. The number of hydrogen-bond donors (Lipinski definition) is 1. The molecule has 0 spiro atoms. The molecule has 2 N–H and O–H groups in total. The van der Waals surface area contributed by atoms with E-state index in [0.717, 1.165) is 6.42 Å². The first-order chi connectivity index (χ1) is 8.04. The molecule has 0 radical (unpaired) electrons. The number of nitrogens with zero attached hydrogens (tertiary/aromatic N) is 2. The summed E-state index contributed by atoms with van der Waals surface area (Å²) in [5.74, 6) is 1.06. The number of rotatable bonds is 3. The molecule has 1 aliphatic rings. The third-order valence-electron chi connectivity index (χ3n) is 3.22. The van der Waals surface area contributed by atoms with E-state index in [1.165, 1.54) is 0 Å². The van der Waals surface area contributed by atoms with E-state index in [2.05, 4.69) is 10.1 Å². The fourth-order valence-corrected chi connectivity index (χ4v) is 1.73. The van der Waals surface area contributed by atoms with Crippen LogP contribution in [-0.4, -0.2) is 36.5 Å². The second-order valence-corrected chi connectivity index (χ2v) is 4.80. The summed E-state index contributed by atoms with van der Waals surface area (Å²) in [5, 5.41) is 3.95. The quantitative estimate of drug-likeness (QED) is 0.842. The van der Waals surface area contributed by atoms with Crippen molar-refractivity contribution in [2.24, 2.45) is 5.73 Å². The van der Waals surface area contributed by atoms with Crippen LogP contribution < -0.4 is 5.73 Å². The van der Waals surface area contributed by atoms with Gasteiger partial charge in [-0.05, 0) is 20.3 Å². The zero-order valence-corrected chi connectivity index (χ0v) is 10.5. The first-order valence-electron chi connectivity index (χ1n) is 5.77. The summed E-state index contributed by atoms with van der Waals surface area (Å²) in [4.78, 5) is 4.36. The standard InChI is InChI=1S/C11H19N3O3/c1-11(2,15-3)10-13-9(17-14-10)7-6-16-5-4-8(7)12/h7-8H,4-6,12H2,1-3H3. The van der Waals surface area contributed by atoms with Crippen molar-refractivity contribution >= 4 is 0 Å². The summed E-state index contributed by atoms with van der Waals surface area (Å²) in [6.07, 6.45) is 0.816. The fraction of sp³-hybridized carbons (Fsp3) is 0.818. The van der Waals surface area contributed by atoms with Crippen molar-refractivity contribution < 1.29 is 14.0 Å². The van der Waals surface area contributed by atoms with Gasteiger partial charge in [0.25, 0.3) is 0 Å². The molecule has 2 atom stereocenters. The van der Waals surface area contributed by atoms with Crippen LogP contribution in [0, 0.1) is 0 Å². The third kappa shape index (κ3) is 2.48. The fourth-order valence-electron chi connectivity index (χ4n) is 1.73. The number of ether oxygens (including phenoxy) is 2. The lowest BCUT2D eigenvalue weighted by molar-refractivity contribution is 0.00973. The molecule has 1 aromatic heterocycles. The Kier molecular flexibility index (Phi) is 3.46. The number of hydrogen-bond acceptors (Lipinski definition) is 6.